The maximum atomic E-state index is 12.8. The van der Waals surface area contributed by atoms with Crippen molar-refractivity contribution in [2.24, 2.45) is 5.73 Å². The second-order valence-electron chi connectivity index (χ2n) is 6.77. The lowest BCUT2D eigenvalue weighted by atomic mass is 10.2. The molecule has 0 fully saturated rings. The summed E-state index contributed by atoms with van der Waals surface area (Å²) < 4.78 is 6.92. The van der Waals surface area contributed by atoms with Crippen LogP contribution in [0.2, 0.25) is 5.02 Å². The minimum Gasteiger partial charge on any atom is -0.474 e. The summed E-state index contributed by atoms with van der Waals surface area (Å²) in [4.78, 5) is 16.8. The first-order valence-electron chi connectivity index (χ1n) is 9.40. The molecule has 0 saturated carbocycles. The number of pyridine rings is 2. The topological polar surface area (TPSA) is 111 Å². The number of fused-ring (bicyclic) bond motifs is 1. The standard InChI is InChI=1S/C22H22Cl3N3O4/c1-4-14(6-5-12(2)26)8-16(23)21(25)28-13(3)7-18(31)19-20(28)17(24)9-27-22(19)32-11-15(30)10-29/h4,7-9,12,15,29-30H,1,10-11,26H2,2-3H3/b14-8+,21-16-. The number of rotatable bonds is 7. The smallest absolute Gasteiger partial charge is 0.227 e. The Morgan fingerprint density at radius 3 is 2.75 bits per heavy atom. The fraction of sp³-hybridized carbons (Fsp3) is 0.273. The molecule has 2 unspecified atom stereocenters. The predicted molar refractivity (Wildman–Crippen MR) is 129 cm³/mol. The van der Waals surface area contributed by atoms with E-state index in [1.165, 1.54) is 29.0 Å². The Hall–Kier alpha value is -2.31. The predicted octanol–water partition coefficient (Wildman–Crippen LogP) is 3.16. The van der Waals surface area contributed by atoms with Gasteiger partial charge in [-0.05, 0) is 19.9 Å². The maximum Gasteiger partial charge on any atom is 0.227 e. The summed E-state index contributed by atoms with van der Waals surface area (Å²) in [5.41, 5.74) is 6.40. The molecule has 2 rings (SSSR count). The van der Waals surface area contributed by atoms with E-state index in [2.05, 4.69) is 23.4 Å². The Morgan fingerprint density at radius 2 is 2.16 bits per heavy atom. The Labute approximate surface area is 200 Å². The highest BCUT2D eigenvalue weighted by atomic mass is 35.5. The average Bonchev–Trinajstić information content (AvgIpc) is 2.75. The molecule has 4 N–H and O–H groups in total. The monoisotopic (exact) mass is 497 g/mol. The highest BCUT2D eigenvalue weighted by molar-refractivity contribution is 6.53. The number of aliphatic hydroxyl groups excluding tert-OH is 2. The summed E-state index contributed by atoms with van der Waals surface area (Å²) in [5, 5.41) is 18.9. The van der Waals surface area contributed by atoms with Gasteiger partial charge in [0.15, 0.2) is 5.43 Å². The summed E-state index contributed by atoms with van der Waals surface area (Å²) in [6.45, 7) is 6.32. The van der Waals surface area contributed by atoms with Crippen molar-refractivity contribution in [1.82, 2.24) is 9.55 Å². The highest BCUT2D eigenvalue weighted by Crippen LogP contribution is 2.33. The second-order valence-corrected chi connectivity index (χ2v) is 7.94. The molecular weight excluding hydrogens is 477 g/mol. The molecule has 0 aliphatic heterocycles. The zero-order valence-electron chi connectivity index (χ0n) is 17.4. The van der Waals surface area contributed by atoms with Crippen molar-refractivity contribution in [2.45, 2.75) is 26.0 Å². The quantitative estimate of drug-likeness (QED) is 0.399. The fourth-order valence-corrected chi connectivity index (χ4v) is 3.34. The second kappa shape index (κ2) is 11.5. The van der Waals surface area contributed by atoms with Crippen LogP contribution in [0.5, 0.6) is 5.88 Å². The number of nitrogens with two attached hydrogens (primary N) is 1. The number of aromatic nitrogens is 2. The Bertz CT molecular complexity index is 1210. The van der Waals surface area contributed by atoms with Gasteiger partial charge in [0.2, 0.25) is 5.88 Å². The molecule has 2 aromatic rings. The molecule has 2 atom stereocenters. The molecule has 0 spiro atoms. The van der Waals surface area contributed by atoms with Crippen molar-refractivity contribution < 1.29 is 14.9 Å². The zero-order valence-corrected chi connectivity index (χ0v) is 19.7. The van der Waals surface area contributed by atoms with Crippen molar-refractivity contribution in [3.05, 3.63) is 62.5 Å². The minimum absolute atomic E-state index is 0.0422. The van der Waals surface area contributed by atoms with E-state index in [1.54, 1.807) is 13.8 Å². The van der Waals surface area contributed by atoms with Gasteiger partial charge in [-0.3, -0.25) is 4.79 Å². The van der Waals surface area contributed by atoms with Gasteiger partial charge in [-0.1, -0.05) is 59.3 Å². The molecule has 0 aromatic carbocycles. The van der Waals surface area contributed by atoms with E-state index in [4.69, 9.17) is 50.4 Å². The normalized spacial score (nSPS) is 14.3. The first-order chi connectivity index (χ1) is 15.1. The van der Waals surface area contributed by atoms with Gasteiger partial charge in [-0.25, -0.2) is 4.98 Å². The third-order valence-electron chi connectivity index (χ3n) is 4.10. The van der Waals surface area contributed by atoms with Crippen LogP contribution < -0.4 is 15.9 Å². The van der Waals surface area contributed by atoms with Crippen LogP contribution in [0.25, 0.3) is 16.1 Å². The van der Waals surface area contributed by atoms with Crippen LogP contribution in [0.1, 0.15) is 12.6 Å². The third kappa shape index (κ3) is 6.14. The molecule has 0 saturated heterocycles. The maximum absolute atomic E-state index is 12.8. The van der Waals surface area contributed by atoms with Crippen molar-refractivity contribution in [3.8, 4) is 17.7 Å². The average molecular weight is 499 g/mol. The van der Waals surface area contributed by atoms with Gasteiger partial charge in [0.05, 0.1) is 34.4 Å². The van der Waals surface area contributed by atoms with Crippen LogP contribution in [-0.4, -0.2) is 45.1 Å². The van der Waals surface area contributed by atoms with Crippen molar-refractivity contribution in [3.63, 3.8) is 0 Å². The van der Waals surface area contributed by atoms with Crippen LogP contribution in [0.3, 0.4) is 0 Å². The van der Waals surface area contributed by atoms with Crippen molar-refractivity contribution in [1.29, 1.82) is 0 Å². The molecule has 0 aliphatic carbocycles. The van der Waals surface area contributed by atoms with Crippen LogP contribution in [0.15, 0.2) is 46.4 Å². The lowest BCUT2D eigenvalue weighted by Gasteiger charge is -2.17. The third-order valence-corrected chi connectivity index (χ3v) is 5.13. The number of nitrogens with zero attached hydrogens (tertiary/aromatic N) is 2. The van der Waals surface area contributed by atoms with Gasteiger partial charge in [-0.15, -0.1) is 0 Å². The molecule has 2 aromatic heterocycles. The number of aryl methyl sites for hydroxylation is 1. The number of hydrogen-bond donors (Lipinski definition) is 3. The molecule has 32 heavy (non-hydrogen) atoms. The van der Waals surface area contributed by atoms with Crippen LogP contribution in [0, 0.1) is 18.8 Å². The summed E-state index contributed by atoms with van der Waals surface area (Å²) in [7, 11) is 0. The fourth-order valence-electron chi connectivity index (χ4n) is 2.64. The van der Waals surface area contributed by atoms with Gasteiger partial charge in [0.25, 0.3) is 0 Å². The van der Waals surface area contributed by atoms with E-state index in [0.717, 1.165) is 0 Å². The van der Waals surface area contributed by atoms with Gasteiger partial charge in [0.1, 0.15) is 23.3 Å². The van der Waals surface area contributed by atoms with Gasteiger partial charge < -0.3 is 25.3 Å². The van der Waals surface area contributed by atoms with Gasteiger partial charge in [-0.2, -0.15) is 0 Å². The Morgan fingerprint density at radius 1 is 1.47 bits per heavy atom. The molecule has 10 heteroatoms. The summed E-state index contributed by atoms with van der Waals surface area (Å²) >= 11 is 19.4. The lowest BCUT2D eigenvalue weighted by molar-refractivity contribution is 0.0526. The van der Waals surface area contributed by atoms with E-state index >= 15 is 0 Å². The molecule has 0 radical (unpaired) electrons. The molecule has 170 valence electrons. The molecule has 0 bridgehead atoms. The first-order valence-corrected chi connectivity index (χ1v) is 10.5. The van der Waals surface area contributed by atoms with Gasteiger partial charge in [0, 0.05) is 17.3 Å². The molecule has 0 aliphatic rings. The Kier molecular flexibility index (Phi) is 9.34. The first kappa shape index (κ1) is 25.9. The number of hydrogen-bond acceptors (Lipinski definition) is 6. The van der Waals surface area contributed by atoms with E-state index in [9.17, 15) is 9.90 Å². The number of halogens is 3. The molecule has 7 nitrogen and oxygen atoms in total. The van der Waals surface area contributed by atoms with Gasteiger partial charge >= 0.3 is 0 Å². The molecule has 2 heterocycles. The number of ether oxygens (including phenoxy) is 1. The summed E-state index contributed by atoms with van der Waals surface area (Å²) in [6.07, 6.45) is 3.16. The summed E-state index contributed by atoms with van der Waals surface area (Å²) in [5.74, 6) is 5.59. The summed E-state index contributed by atoms with van der Waals surface area (Å²) in [6, 6.07) is 0.992. The number of aliphatic hydroxyl groups is 2. The van der Waals surface area contributed by atoms with Crippen molar-refractivity contribution >= 4 is 50.9 Å². The van der Waals surface area contributed by atoms with E-state index < -0.39 is 18.1 Å². The molecular formula is C22H22Cl3N3O4. The highest BCUT2D eigenvalue weighted by Gasteiger charge is 2.19. The minimum atomic E-state index is -1.15. The SMILES string of the molecule is C=C/C(C#CC(C)N)=C\C(Cl)=C(/Cl)n1c(C)cc(=O)c2c(OCC(O)CO)ncc(Cl)c21. The Balaban J connectivity index is 2.76. The van der Waals surface area contributed by atoms with Crippen LogP contribution in [0.4, 0.5) is 0 Å². The largest absolute Gasteiger partial charge is 0.474 e. The van der Waals surface area contributed by atoms with Crippen LogP contribution in [-0.2, 0) is 0 Å². The van der Waals surface area contributed by atoms with Crippen LogP contribution >= 0.6 is 34.8 Å². The lowest BCUT2D eigenvalue weighted by Crippen LogP contribution is -2.22. The number of allylic oxidation sites excluding steroid dienone is 4. The van der Waals surface area contributed by atoms with E-state index in [1.807, 2.05) is 0 Å². The van der Waals surface area contributed by atoms with E-state index in [-0.39, 0.29) is 44.6 Å². The zero-order chi connectivity index (χ0) is 24.0. The van der Waals surface area contributed by atoms with Crippen molar-refractivity contribution in [2.75, 3.05) is 13.2 Å². The van der Waals surface area contributed by atoms with E-state index in [0.29, 0.717) is 11.3 Å². The molecule has 0 amide bonds.